The molecule has 3 aliphatic rings. The molecule has 1 atom stereocenters. The van der Waals surface area contributed by atoms with Crippen LogP contribution in [-0.2, 0) is 40.0 Å². The molecule has 5 rings (SSSR count). The van der Waals surface area contributed by atoms with Crippen molar-refractivity contribution in [1.29, 1.82) is 0 Å². The minimum atomic E-state index is -4.56. The highest BCUT2D eigenvalue weighted by atomic mass is 32.2. The van der Waals surface area contributed by atoms with Gasteiger partial charge in [0.1, 0.15) is 6.17 Å². The summed E-state index contributed by atoms with van der Waals surface area (Å²) in [5.74, 6) is -1.39. The van der Waals surface area contributed by atoms with Crippen LogP contribution in [0, 0.1) is 0 Å². The Morgan fingerprint density at radius 1 is 1.07 bits per heavy atom. The van der Waals surface area contributed by atoms with Crippen molar-refractivity contribution in [2.45, 2.75) is 75.0 Å². The third-order valence-corrected chi connectivity index (χ3v) is 9.86. The van der Waals surface area contributed by atoms with Gasteiger partial charge >= 0.3 is 18.1 Å². The Balaban J connectivity index is 1.43. The molecule has 248 valence electrons. The van der Waals surface area contributed by atoms with E-state index in [1.54, 1.807) is 4.68 Å². The van der Waals surface area contributed by atoms with Crippen LogP contribution >= 0.6 is 11.8 Å². The van der Waals surface area contributed by atoms with Crippen LogP contribution in [0.15, 0.2) is 23.1 Å². The molecule has 2 aromatic rings. The lowest BCUT2D eigenvalue weighted by Gasteiger charge is -2.29. The number of piperidine rings is 2. The number of alkyl halides is 4. The van der Waals surface area contributed by atoms with E-state index < -0.39 is 35.9 Å². The molecule has 1 aromatic carbocycles. The fraction of sp³-hybridized carbons (Fsp3) is 0.645. The first-order valence-electron chi connectivity index (χ1n) is 15.6. The summed E-state index contributed by atoms with van der Waals surface area (Å²) in [6.45, 7) is 4.51. The van der Waals surface area contributed by atoms with Gasteiger partial charge in [0, 0.05) is 66.6 Å². The highest BCUT2D eigenvalue weighted by Crippen LogP contribution is 2.40. The number of halogens is 4. The van der Waals surface area contributed by atoms with Gasteiger partial charge in [0.25, 0.3) is 0 Å². The third-order valence-electron chi connectivity index (χ3n) is 8.83. The molecule has 14 heteroatoms. The first-order chi connectivity index (χ1) is 21.5. The van der Waals surface area contributed by atoms with Crippen LogP contribution in [0.1, 0.15) is 48.9 Å². The molecule has 0 bridgehead atoms. The zero-order valence-electron chi connectivity index (χ0n) is 25.5. The quantitative estimate of drug-likeness (QED) is 0.188. The molecule has 9 nitrogen and oxygen atoms in total. The average molecular weight is 656 g/mol. The van der Waals surface area contributed by atoms with Crippen LogP contribution in [0.2, 0.25) is 0 Å². The van der Waals surface area contributed by atoms with E-state index in [0.29, 0.717) is 68.0 Å². The molecule has 1 aromatic heterocycles. The Kier molecular flexibility index (Phi) is 11.1. The van der Waals surface area contributed by atoms with Crippen molar-refractivity contribution in [2.24, 2.45) is 0 Å². The number of carbonyl (C=O) groups is 2. The number of hydrogen-bond donors (Lipinski definition) is 1. The van der Waals surface area contributed by atoms with E-state index in [1.165, 1.54) is 23.5 Å². The van der Waals surface area contributed by atoms with E-state index in [1.807, 2.05) is 0 Å². The third kappa shape index (κ3) is 8.38. The fourth-order valence-corrected chi connectivity index (χ4v) is 7.51. The van der Waals surface area contributed by atoms with Crippen LogP contribution in [-0.4, -0.2) is 112 Å². The molecule has 1 amide bonds. The number of aromatic nitrogens is 2. The zero-order valence-corrected chi connectivity index (χ0v) is 26.3. The number of methoxy groups -OCH3 is 1. The van der Waals surface area contributed by atoms with Crippen LogP contribution in [0.25, 0.3) is 11.3 Å². The number of thioether (sulfide) groups is 1. The molecule has 2 fully saturated rings. The van der Waals surface area contributed by atoms with Crippen molar-refractivity contribution in [3.05, 3.63) is 35.0 Å². The number of likely N-dealkylation sites (tertiary alicyclic amines) is 2. The second kappa shape index (κ2) is 14.8. The number of aliphatic hydroxyl groups is 1. The molecule has 3 aliphatic heterocycles. The minimum absolute atomic E-state index is 0.0366. The lowest BCUT2D eigenvalue weighted by Crippen LogP contribution is -2.41. The van der Waals surface area contributed by atoms with Crippen LogP contribution in [0.5, 0.6) is 0 Å². The molecule has 0 radical (unpaired) electrons. The second-order valence-electron chi connectivity index (χ2n) is 12.0. The Labute approximate surface area is 264 Å². The van der Waals surface area contributed by atoms with Crippen molar-refractivity contribution >= 4 is 23.6 Å². The molecule has 2 saturated heterocycles. The lowest BCUT2D eigenvalue weighted by molar-refractivity contribution is -0.158. The average Bonchev–Trinajstić information content (AvgIpc) is 3.38. The van der Waals surface area contributed by atoms with Crippen molar-refractivity contribution in [2.75, 3.05) is 58.7 Å². The summed E-state index contributed by atoms with van der Waals surface area (Å²) < 4.78 is 62.1. The number of β-amino-alcohol motifs (C(OH)–C–C–N with tert-alkyl or cyclic N) is 1. The lowest BCUT2D eigenvalue weighted by atomic mass is 9.99. The van der Waals surface area contributed by atoms with Crippen LogP contribution in [0.4, 0.5) is 17.6 Å². The number of amides is 1. The maximum absolute atomic E-state index is 14.1. The number of esters is 1. The summed E-state index contributed by atoms with van der Waals surface area (Å²) in [4.78, 5) is 30.4. The summed E-state index contributed by atoms with van der Waals surface area (Å²) in [5, 5.41) is 15.8. The highest BCUT2D eigenvalue weighted by Gasteiger charge is 2.35. The van der Waals surface area contributed by atoms with Gasteiger partial charge < -0.3 is 24.5 Å². The Hall–Kier alpha value is -2.68. The van der Waals surface area contributed by atoms with Crippen molar-refractivity contribution in [1.82, 2.24) is 24.5 Å². The first-order valence-corrected chi connectivity index (χ1v) is 16.6. The van der Waals surface area contributed by atoms with Gasteiger partial charge in [-0.3, -0.25) is 9.48 Å². The zero-order chi connectivity index (χ0) is 32.1. The van der Waals surface area contributed by atoms with Gasteiger partial charge in [-0.2, -0.15) is 18.3 Å². The topological polar surface area (TPSA) is 91.1 Å². The van der Waals surface area contributed by atoms with Gasteiger partial charge in [-0.15, -0.1) is 11.8 Å². The largest absolute Gasteiger partial charge is 0.462 e. The van der Waals surface area contributed by atoms with E-state index in [0.717, 1.165) is 56.6 Å². The Morgan fingerprint density at radius 2 is 1.80 bits per heavy atom. The Bertz CT molecular complexity index is 1340. The van der Waals surface area contributed by atoms with E-state index in [4.69, 9.17) is 5.10 Å². The van der Waals surface area contributed by atoms with Crippen LogP contribution in [0.3, 0.4) is 0 Å². The summed E-state index contributed by atoms with van der Waals surface area (Å²) >= 11 is 1.10. The molecule has 0 saturated carbocycles. The Morgan fingerprint density at radius 3 is 2.49 bits per heavy atom. The summed E-state index contributed by atoms with van der Waals surface area (Å²) in [6.07, 6.45) is -1.52. The molecule has 4 heterocycles. The molecule has 0 unspecified atom stereocenters. The van der Waals surface area contributed by atoms with E-state index in [9.17, 15) is 32.3 Å². The number of carbonyl (C=O) groups excluding carboxylic acids is 2. The number of aliphatic hydroxyl groups excluding tert-OH is 1. The molecular weight excluding hydrogens is 614 g/mol. The smallest absolute Gasteiger partial charge is 0.417 e. The minimum Gasteiger partial charge on any atom is -0.462 e. The number of hydrogen-bond acceptors (Lipinski definition) is 8. The normalized spacial score (nSPS) is 19.4. The maximum atomic E-state index is 14.1. The van der Waals surface area contributed by atoms with E-state index in [2.05, 4.69) is 14.5 Å². The molecule has 0 spiro atoms. The fourth-order valence-electron chi connectivity index (χ4n) is 6.39. The summed E-state index contributed by atoms with van der Waals surface area (Å²) in [5.41, 5.74) is 1.54. The van der Waals surface area contributed by atoms with Gasteiger partial charge in [0.05, 0.1) is 37.6 Å². The second-order valence-corrected chi connectivity index (χ2v) is 13.1. The number of benzene rings is 1. The molecule has 1 N–H and O–H groups in total. The SMILES string of the molecule is COC(=O)C(=O)N1CCc2c(c(-c3ccc(C(F)(F)F)c(SCCN4CCC(F)CC4)c3)nn2C[C@@H](O)CN2CCCCC2)C1. The van der Waals surface area contributed by atoms with Crippen molar-refractivity contribution in [3.8, 4) is 11.3 Å². The number of fused-ring (bicyclic) bond motifs is 1. The van der Waals surface area contributed by atoms with E-state index in [-0.39, 0.29) is 24.5 Å². The number of ether oxygens (including phenoxy) is 1. The highest BCUT2D eigenvalue weighted by molar-refractivity contribution is 7.99. The van der Waals surface area contributed by atoms with E-state index >= 15 is 0 Å². The first kappa shape index (κ1) is 33.7. The van der Waals surface area contributed by atoms with Gasteiger partial charge in [-0.05, 0) is 50.9 Å². The van der Waals surface area contributed by atoms with Gasteiger partial charge in [-0.1, -0.05) is 12.5 Å². The maximum Gasteiger partial charge on any atom is 0.417 e. The molecule has 0 aliphatic carbocycles. The van der Waals surface area contributed by atoms with Crippen molar-refractivity contribution < 1.29 is 37.0 Å². The molecule has 45 heavy (non-hydrogen) atoms. The predicted octanol–water partition coefficient (Wildman–Crippen LogP) is 4.00. The standard InChI is InChI=1S/C31H41F4N5O4S/c1-44-30(43)29(42)39-14-9-26-24(20-39)28(36-40(26)19-23(41)18-38-10-3-2-4-11-38)21-5-6-25(31(33,34)35)27(17-21)45-16-15-37-12-7-22(32)8-13-37/h5-6,17,22-23,41H,2-4,7-16,18-20H2,1H3/t23-/m0/s1. The predicted molar refractivity (Wildman–Crippen MR) is 161 cm³/mol. The van der Waals surface area contributed by atoms with Gasteiger partial charge in [0.15, 0.2) is 0 Å². The summed E-state index contributed by atoms with van der Waals surface area (Å²) in [6, 6.07) is 3.93. The summed E-state index contributed by atoms with van der Waals surface area (Å²) in [7, 11) is 1.13. The van der Waals surface area contributed by atoms with Crippen LogP contribution < -0.4 is 0 Å². The van der Waals surface area contributed by atoms with Gasteiger partial charge in [-0.25, -0.2) is 9.18 Å². The monoisotopic (exact) mass is 655 g/mol. The molecular formula is C31H41F4N5O4S. The number of nitrogens with zero attached hydrogens (tertiary/aromatic N) is 5. The number of rotatable bonds is 9. The van der Waals surface area contributed by atoms with Gasteiger partial charge in [0.2, 0.25) is 0 Å². The van der Waals surface area contributed by atoms with Crippen molar-refractivity contribution in [3.63, 3.8) is 0 Å².